The van der Waals surface area contributed by atoms with Gasteiger partial charge in [0.1, 0.15) is 5.75 Å². The molecule has 0 bridgehead atoms. The zero-order valence-electron chi connectivity index (χ0n) is 11.0. The molecule has 90 valence electrons. The maximum atomic E-state index is 5.65. The van der Waals surface area contributed by atoms with Crippen LogP contribution < -0.4 is 4.74 Å². The first kappa shape index (κ1) is 13.1. The molecule has 1 rings (SSSR count). The molecule has 1 aromatic carbocycles. The maximum Gasteiger partial charge on any atom is 0.119 e. The number of rotatable bonds is 6. The monoisotopic (exact) mass is 220 g/mol. The van der Waals surface area contributed by atoms with Crippen LogP contribution in [-0.4, -0.2) is 6.61 Å². The van der Waals surface area contributed by atoms with Gasteiger partial charge in [0.15, 0.2) is 0 Å². The summed E-state index contributed by atoms with van der Waals surface area (Å²) >= 11 is 0. The van der Waals surface area contributed by atoms with Crippen LogP contribution in [-0.2, 0) is 6.42 Å². The molecule has 1 aromatic rings. The minimum atomic E-state index is 0.583. The minimum Gasteiger partial charge on any atom is -0.493 e. The van der Waals surface area contributed by atoms with E-state index < -0.39 is 0 Å². The number of benzene rings is 1. The highest BCUT2D eigenvalue weighted by atomic mass is 16.5. The second-order valence-corrected chi connectivity index (χ2v) is 5.07. The van der Waals surface area contributed by atoms with Gasteiger partial charge >= 0.3 is 0 Å². The average Bonchev–Trinajstić information content (AvgIpc) is 2.28. The summed E-state index contributed by atoms with van der Waals surface area (Å²) < 4.78 is 5.65. The molecule has 0 unspecified atom stereocenters. The third-order valence-electron chi connectivity index (χ3n) is 2.79. The second kappa shape index (κ2) is 6.57. The summed E-state index contributed by atoms with van der Waals surface area (Å²) in [6.07, 6.45) is 2.41. The third-order valence-corrected chi connectivity index (χ3v) is 2.79. The number of hydrogen-bond donors (Lipinski definition) is 0. The van der Waals surface area contributed by atoms with Gasteiger partial charge in [-0.2, -0.15) is 0 Å². The summed E-state index contributed by atoms with van der Waals surface area (Å²) in [6, 6.07) is 8.53. The van der Waals surface area contributed by atoms with E-state index in [9.17, 15) is 0 Å². The van der Waals surface area contributed by atoms with E-state index in [1.807, 2.05) is 0 Å². The summed E-state index contributed by atoms with van der Waals surface area (Å²) in [4.78, 5) is 0. The lowest BCUT2D eigenvalue weighted by Gasteiger charge is -2.11. The SMILES string of the molecule is CC[C@@H](C)Cc1ccc(OCC(C)C)cc1. The van der Waals surface area contributed by atoms with Crippen LogP contribution in [0.5, 0.6) is 5.75 Å². The maximum absolute atomic E-state index is 5.65. The molecule has 0 heterocycles. The Morgan fingerprint density at radius 2 is 1.69 bits per heavy atom. The molecule has 0 aliphatic carbocycles. The van der Waals surface area contributed by atoms with Crippen LogP contribution in [0.4, 0.5) is 0 Å². The van der Waals surface area contributed by atoms with Crippen molar-refractivity contribution in [3.05, 3.63) is 29.8 Å². The van der Waals surface area contributed by atoms with Crippen LogP contribution >= 0.6 is 0 Å². The second-order valence-electron chi connectivity index (χ2n) is 5.07. The van der Waals surface area contributed by atoms with Gasteiger partial charge in [-0.25, -0.2) is 0 Å². The van der Waals surface area contributed by atoms with Crippen molar-refractivity contribution in [2.75, 3.05) is 6.61 Å². The Labute approximate surface area is 99.8 Å². The molecule has 1 atom stereocenters. The highest BCUT2D eigenvalue weighted by Gasteiger charge is 2.02. The first-order valence-electron chi connectivity index (χ1n) is 6.33. The van der Waals surface area contributed by atoms with E-state index in [0.717, 1.165) is 18.3 Å². The minimum absolute atomic E-state index is 0.583. The lowest BCUT2D eigenvalue weighted by Crippen LogP contribution is -2.04. The molecule has 0 spiro atoms. The van der Waals surface area contributed by atoms with Gasteiger partial charge in [-0.1, -0.05) is 46.2 Å². The van der Waals surface area contributed by atoms with E-state index in [0.29, 0.717) is 5.92 Å². The molecule has 0 saturated heterocycles. The standard InChI is InChI=1S/C15H24O/c1-5-13(4)10-14-6-8-15(9-7-14)16-11-12(2)3/h6-9,12-13H,5,10-11H2,1-4H3/t13-/m1/s1. The van der Waals surface area contributed by atoms with Crippen LogP contribution in [0.15, 0.2) is 24.3 Å². The summed E-state index contributed by atoms with van der Waals surface area (Å²) in [6.45, 7) is 9.66. The Balaban J connectivity index is 2.47. The highest BCUT2D eigenvalue weighted by Crippen LogP contribution is 2.16. The molecule has 0 radical (unpaired) electrons. The number of ether oxygens (including phenoxy) is 1. The van der Waals surface area contributed by atoms with Crippen molar-refractivity contribution < 1.29 is 4.74 Å². The van der Waals surface area contributed by atoms with Crippen LogP contribution in [0.2, 0.25) is 0 Å². The van der Waals surface area contributed by atoms with Crippen LogP contribution in [0.25, 0.3) is 0 Å². The van der Waals surface area contributed by atoms with Crippen LogP contribution in [0.3, 0.4) is 0 Å². The van der Waals surface area contributed by atoms with Gasteiger partial charge in [-0.15, -0.1) is 0 Å². The fraction of sp³-hybridized carbons (Fsp3) is 0.600. The van der Waals surface area contributed by atoms with E-state index in [-0.39, 0.29) is 0 Å². The Kier molecular flexibility index (Phi) is 5.37. The molecule has 0 aromatic heterocycles. The zero-order chi connectivity index (χ0) is 12.0. The fourth-order valence-electron chi connectivity index (χ4n) is 1.53. The summed E-state index contributed by atoms with van der Waals surface area (Å²) in [5.74, 6) is 2.34. The molecule has 0 fully saturated rings. The number of hydrogen-bond acceptors (Lipinski definition) is 1. The third kappa shape index (κ3) is 4.69. The topological polar surface area (TPSA) is 9.23 Å². The highest BCUT2D eigenvalue weighted by molar-refractivity contribution is 5.27. The predicted molar refractivity (Wildman–Crippen MR) is 69.9 cm³/mol. The normalized spacial score (nSPS) is 12.8. The molecule has 0 aliphatic heterocycles. The Bertz CT molecular complexity index is 287. The average molecular weight is 220 g/mol. The molecule has 0 aliphatic rings. The molecule has 0 N–H and O–H groups in total. The van der Waals surface area contributed by atoms with Gasteiger partial charge < -0.3 is 4.74 Å². The lowest BCUT2D eigenvalue weighted by molar-refractivity contribution is 0.271. The van der Waals surface area contributed by atoms with Crippen molar-refractivity contribution in [3.63, 3.8) is 0 Å². The van der Waals surface area contributed by atoms with Gasteiger partial charge in [0.25, 0.3) is 0 Å². The van der Waals surface area contributed by atoms with Gasteiger partial charge in [0.2, 0.25) is 0 Å². The first-order valence-corrected chi connectivity index (χ1v) is 6.33. The zero-order valence-corrected chi connectivity index (χ0v) is 11.0. The van der Waals surface area contributed by atoms with Crippen LogP contribution in [0.1, 0.15) is 39.7 Å². The molecular weight excluding hydrogens is 196 g/mol. The van der Waals surface area contributed by atoms with Crippen molar-refractivity contribution in [1.82, 2.24) is 0 Å². The Hall–Kier alpha value is -0.980. The molecule has 16 heavy (non-hydrogen) atoms. The molecular formula is C15H24O. The van der Waals surface area contributed by atoms with Crippen molar-refractivity contribution >= 4 is 0 Å². The fourth-order valence-corrected chi connectivity index (χ4v) is 1.53. The largest absolute Gasteiger partial charge is 0.493 e. The van der Waals surface area contributed by atoms with E-state index in [1.165, 1.54) is 18.4 Å². The van der Waals surface area contributed by atoms with Gasteiger partial charge in [-0.05, 0) is 36.0 Å². The van der Waals surface area contributed by atoms with E-state index in [1.54, 1.807) is 0 Å². The van der Waals surface area contributed by atoms with E-state index in [4.69, 9.17) is 4.74 Å². The predicted octanol–water partition coefficient (Wildman–Crippen LogP) is 4.31. The molecule has 0 amide bonds. The van der Waals surface area contributed by atoms with Crippen molar-refractivity contribution in [2.45, 2.75) is 40.5 Å². The Morgan fingerprint density at radius 1 is 1.06 bits per heavy atom. The van der Waals surface area contributed by atoms with E-state index >= 15 is 0 Å². The van der Waals surface area contributed by atoms with Gasteiger partial charge in [0.05, 0.1) is 6.61 Å². The van der Waals surface area contributed by atoms with Crippen molar-refractivity contribution in [1.29, 1.82) is 0 Å². The summed E-state index contributed by atoms with van der Waals surface area (Å²) in [5, 5.41) is 0. The van der Waals surface area contributed by atoms with E-state index in [2.05, 4.69) is 52.0 Å². The summed E-state index contributed by atoms with van der Waals surface area (Å²) in [5.41, 5.74) is 1.41. The van der Waals surface area contributed by atoms with Gasteiger partial charge in [-0.3, -0.25) is 0 Å². The lowest BCUT2D eigenvalue weighted by atomic mass is 9.99. The van der Waals surface area contributed by atoms with Crippen molar-refractivity contribution in [2.24, 2.45) is 11.8 Å². The summed E-state index contributed by atoms with van der Waals surface area (Å²) in [7, 11) is 0. The van der Waals surface area contributed by atoms with Crippen LogP contribution in [0, 0.1) is 11.8 Å². The quantitative estimate of drug-likeness (QED) is 0.694. The van der Waals surface area contributed by atoms with Crippen molar-refractivity contribution in [3.8, 4) is 5.75 Å². The molecule has 1 heteroatoms. The molecule has 1 nitrogen and oxygen atoms in total. The Morgan fingerprint density at radius 3 is 2.19 bits per heavy atom. The smallest absolute Gasteiger partial charge is 0.119 e. The van der Waals surface area contributed by atoms with Gasteiger partial charge in [0, 0.05) is 0 Å². The molecule has 0 saturated carbocycles. The first-order chi connectivity index (χ1) is 7.61.